The zero-order chi connectivity index (χ0) is 19.9. The van der Waals surface area contributed by atoms with E-state index in [1.807, 2.05) is 24.3 Å². The van der Waals surface area contributed by atoms with Crippen LogP contribution < -0.4 is 20.9 Å². The summed E-state index contributed by atoms with van der Waals surface area (Å²) in [6.45, 7) is 7.19. The number of carbonyl (C=O) groups is 2. The van der Waals surface area contributed by atoms with Crippen LogP contribution in [0.4, 0.5) is 17.1 Å². The Hall–Kier alpha value is -3.02. The zero-order valence-electron chi connectivity index (χ0n) is 16.5. The molecule has 0 spiro atoms. The van der Waals surface area contributed by atoms with Gasteiger partial charge in [0.15, 0.2) is 0 Å². The van der Waals surface area contributed by atoms with Crippen LogP contribution in [0.5, 0.6) is 0 Å². The first-order valence-electron chi connectivity index (χ1n) is 9.84. The molecule has 3 rings (SSSR count). The summed E-state index contributed by atoms with van der Waals surface area (Å²) in [5.41, 5.74) is 4.28. The summed E-state index contributed by atoms with van der Waals surface area (Å²) in [4.78, 5) is 25.6. The van der Waals surface area contributed by atoms with Crippen LogP contribution in [0.1, 0.15) is 25.8 Å². The van der Waals surface area contributed by atoms with Crippen molar-refractivity contribution in [2.45, 2.75) is 26.8 Å². The van der Waals surface area contributed by atoms with E-state index in [-0.39, 0.29) is 24.2 Å². The molecule has 1 unspecified atom stereocenters. The van der Waals surface area contributed by atoms with Crippen LogP contribution in [0.25, 0.3) is 0 Å². The first kappa shape index (κ1) is 19.7. The Morgan fingerprint density at radius 3 is 2.18 bits per heavy atom. The lowest BCUT2D eigenvalue weighted by Crippen LogP contribution is -2.31. The lowest BCUT2D eigenvalue weighted by atomic mass is 10.1. The Kier molecular flexibility index (Phi) is 6.53. The molecule has 0 radical (unpaired) electrons. The topological polar surface area (TPSA) is 73.5 Å². The monoisotopic (exact) mass is 380 g/mol. The Balaban J connectivity index is 1.51. The molecule has 3 N–H and O–H groups in total. The van der Waals surface area contributed by atoms with Crippen molar-refractivity contribution in [1.29, 1.82) is 0 Å². The van der Waals surface area contributed by atoms with Crippen LogP contribution in [0.3, 0.4) is 0 Å². The standard InChI is InChI=1S/C22H28N4O2/c1-3-26(4-2)20-11-9-19(10-12-20)25-18-7-5-16(6-8-18)14-24-22(28)17-13-21(27)23-15-17/h5-12,17,25H,3-4,13-15H2,1-2H3,(H,23,27)(H,24,28). The van der Waals surface area contributed by atoms with Gasteiger partial charge in [0, 0.05) is 49.7 Å². The third-order valence-corrected chi connectivity index (χ3v) is 5.05. The largest absolute Gasteiger partial charge is 0.372 e. The molecule has 1 aliphatic heterocycles. The van der Waals surface area contributed by atoms with Crippen molar-refractivity contribution in [3.8, 4) is 0 Å². The first-order valence-corrected chi connectivity index (χ1v) is 9.84. The highest BCUT2D eigenvalue weighted by molar-refractivity contribution is 5.89. The number of nitrogens with one attached hydrogen (secondary N) is 3. The second-order valence-corrected chi connectivity index (χ2v) is 6.96. The van der Waals surface area contributed by atoms with Gasteiger partial charge in [-0.1, -0.05) is 12.1 Å². The molecule has 6 heteroatoms. The summed E-state index contributed by atoms with van der Waals surface area (Å²) >= 11 is 0. The van der Waals surface area contributed by atoms with E-state index in [9.17, 15) is 9.59 Å². The van der Waals surface area contributed by atoms with E-state index in [2.05, 4.69) is 59.0 Å². The molecule has 0 aliphatic carbocycles. The van der Waals surface area contributed by atoms with Gasteiger partial charge in [-0.05, 0) is 55.8 Å². The van der Waals surface area contributed by atoms with E-state index in [1.54, 1.807) is 0 Å². The van der Waals surface area contributed by atoms with Gasteiger partial charge < -0.3 is 20.9 Å². The maximum Gasteiger partial charge on any atom is 0.225 e. The lowest BCUT2D eigenvalue weighted by Gasteiger charge is -2.21. The Morgan fingerprint density at radius 1 is 1.04 bits per heavy atom. The average molecular weight is 380 g/mol. The third kappa shape index (κ3) is 5.03. The Labute approximate surface area is 166 Å². The second kappa shape index (κ2) is 9.26. The van der Waals surface area contributed by atoms with Gasteiger partial charge in [0.2, 0.25) is 11.8 Å². The summed E-state index contributed by atoms with van der Waals surface area (Å²) < 4.78 is 0. The summed E-state index contributed by atoms with van der Waals surface area (Å²) in [5, 5.41) is 8.98. The van der Waals surface area contributed by atoms with Gasteiger partial charge in [-0.3, -0.25) is 9.59 Å². The van der Waals surface area contributed by atoms with Crippen molar-refractivity contribution < 1.29 is 9.59 Å². The molecule has 148 valence electrons. The zero-order valence-corrected chi connectivity index (χ0v) is 16.5. The normalized spacial score (nSPS) is 15.8. The fourth-order valence-electron chi connectivity index (χ4n) is 3.34. The van der Waals surface area contributed by atoms with Crippen molar-refractivity contribution in [2.24, 2.45) is 5.92 Å². The molecular weight excluding hydrogens is 352 g/mol. The number of rotatable bonds is 8. The molecule has 1 fully saturated rings. The average Bonchev–Trinajstić information content (AvgIpc) is 3.16. The van der Waals surface area contributed by atoms with Gasteiger partial charge >= 0.3 is 0 Å². The van der Waals surface area contributed by atoms with Crippen LogP contribution >= 0.6 is 0 Å². The van der Waals surface area contributed by atoms with Gasteiger partial charge in [0.25, 0.3) is 0 Å². The number of carbonyl (C=O) groups excluding carboxylic acids is 2. The molecule has 1 atom stereocenters. The molecule has 6 nitrogen and oxygen atoms in total. The fourth-order valence-corrected chi connectivity index (χ4v) is 3.34. The highest BCUT2D eigenvalue weighted by Crippen LogP contribution is 2.21. The SMILES string of the molecule is CCN(CC)c1ccc(Nc2ccc(CNC(=O)C3CNC(=O)C3)cc2)cc1. The van der Waals surface area contributed by atoms with Crippen LogP contribution in [0, 0.1) is 5.92 Å². The number of nitrogens with zero attached hydrogens (tertiary/aromatic N) is 1. The van der Waals surface area contributed by atoms with E-state index >= 15 is 0 Å². The number of hydrogen-bond donors (Lipinski definition) is 3. The molecule has 1 saturated heterocycles. The smallest absolute Gasteiger partial charge is 0.225 e. The van der Waals surface area contributed by atoms with E-state index in [1.165, 1.54) is 5.69 Å². The van der Waals surface area contributed by atoms with E-state index in [0.29, 0.717) is 13.1 Å². The van der Waals surface area contributed by atoms with Crippen molar-refractivity contribution in [3.05, 3.63) is 54.1 Å². The van der Waals surface area contributed by atoms with Gasteiger partial charge in [-0.2, -0.15) is 0 Å². The van der Waals surface area contributed by atoms with E-state index in [0.717, 1.165) is 30.0 Å². The minimum Gasteiger partial charge on any atom is -0.372 e. The quantitative estimate of drug-likeness (QED) is 0.658. The van der Waals surface area contributed by atoms with Crippen LogP contribution in [-0.4, -0.2) is 31.4 Å². The molecule has 2 aromatic rings. The highest BCUT2D eigenvalue weighted by atomic mass is 16.2. The van der Waals surface area contributed by atoms with Crippen molar-refractivity contribution in [1.82, 2.24) is 10.6 Å². The molecule has 2 amide bonds. The number of amides is 2. The summed E-state index contributed by atoms with van der Waals surface area (Å²) in [6, 6.07) is 16.4. The van der Waals surface area contributed by atoms with Crippen LogP contribution in [-0.2, 0) is 16.1 Å². The Morgan fingerprint density at radius 2 is 1.64 bits per heavy atom. The lowest BCUT2D eigenvalue weighted by molar-refractivity contribution is -0.126. The van der Waals surface area contributed by atoms with Gasteiger partial charge in [-0.15, -0.1) is 0 Å². The maximum atomic E-state index is 12.1. The van der Waals surface area contributed by atoms with E-state index in [4.69, 9.17) is 0 Å². The first-order chi connectivity index (χ1) is 13.6. The molecule has 1 heterocycles. The Bertz CT molecular complexity index is 798. The number of hydrogen-bond acceptors (Lipinski definition) is 4. The molecule has 0 saturated carbocycles. The number of anilines is 3. The second-order valence-electron chi connectivity index (χ2n) is 6.96. The molecule has 1 aliphatic rings. The van der Waals surface area contributed by atoms with E-state index < -0.39 is 0 Å². The van der Waals surface area contributed by atoms with Crippen molar-refractivity contribution in [3.63, 3.8) is 0 Å². The predicted octanol–water partition coefficient (Wildman–Crippen LogP) is 3.03. The minimum absolute atomic E-state index is 0.0549. The third-order valence-electron chi connectivity index (χ3n) is 5.05. The fraction of sp³-hybridized carbons (Fsp3) is 0.364. The molecule has 28 heavy (non-hydrogen) atoms. The summed E-state index contributed by atoms with van der Waals surface area (Å²) in [6.07, 6.45) is 0.280. The van der Waals surface area contributed by atoms with Crippen molar-refractivity contribution in [2.75, 3.05) is 29.9 Å². The summed E-state index contributed by atoms with van der Waals surface area (Å²) in [5.74, 6) is -0.387. The maximum absolute atomic E-state index is 12.1. The highest BCUT2D eigenvalue weighted by Gasteiger charge is 2.27. The van der Waals surface area contributed by atoms with Gasteiger partial charge in [-0.25, -0.2) is 0 Å². The van der Waals surface area contributed by atoms with Gasteiger partial charge in [0.05, 0.1) is 5.92 Å². The van der Waals surface area contributed by atoms with Crippen LogP contribution in [0.2, 0.25) is 0 Å². The van der Waals surface area contributed by atoms with Gasteiger partial charge in [0.1, 0.15) is 0 Å². The van der Waals surface area contributed by atoms with Crippen molar-refractivity contribution >= 4 is 28.9 Å². The molecule has 2 aromatic carbocycles. The minimum atomic E-state index is -0.257. The molecule has 0 bridgehead atoms. The number of benzene rings is 2. The molecular formula is C22H28N4O2. The van der Waals surface area contributed by atoms with Crippen LogP contribution in [0.15, 0.2) is 48.5 Å². The predicted molar refractivity (Wildman–Crippen MR) is 113 cm³/mol. The molecule has 0 aromatic heterocycles. The summed E-state index contributed by atoms with van der Waals surface area (Å²) in [7, 11) is 0.